The average Bonchev–Trinajstić information content (AvgIpc) is 3.17. The van der Waals surface area contributed by atoms with Crippen molar-refractivity contribution in [3.63, 3.8) is 0 Å². The van der Waals surface area contributed by atoms with Gasteiger partial charge >= 0.3 is 0 Å². The molecule has 3 rings (SSSR count). The van der Waals surface area contributed by atoms with Crippen LogP contribution in [0.4, 0.5) is 5.95 Å². The van der Waals surface area contributed by atoms with Gasteiger partial charge in [-0.25, -0.2) is 0 Å². The SMILES string of the molecule is CCc1ccc(-c2nc(N3CCCC(CNC)C3)n[nH]2)s1. The van der Waals surface area contributed by atoms with Crippen molar-refractivity contribution in [1.82, 2.24) is 20.5 Å². The van der Waals surface area contributed by atoms with E-state index in [-0.39, 0.29) is 0 Å². The van der Waals surface area contributed by atoms with Crippen molar-refractivity contribution in [3.05, 3.63) is 17.0 Å². The highest BCUT2D eigenvalue weighted by Gasteiger charge is 2.22. The summed E-state index contributed by atoms with van der Waals surface area (Å²) in [4.78, 5) is 9.56. The number of aromatic nitrogens is 3. The number of aryl methyl sites for hydroxylation is 1. The van der Waals surface area contributed by atoms with Gasteiger partial charge in [-0.2, -0.15) is 4.98 Å². The van der Waals surface area contributed by atoms with Crippen LogP contribution in [0.1, 0.15) is 24.6 Å². The lowest BCUT2D eigenvalue weighted by atomic mass is 9.98. The van der Waals surface area contributed by atoms with Crippen LogP contribution in [0.3, 0.4) is 0 Å². The highest BCUT2D eigenvalue weighted by Crippen LogP contribution is 2.27. The van der Waals surface area contributed by atoms with Crippen LogP contribution < -0.4 is 10.2 Å². The number of nitrogens with zero attached hydrogens (tertiary/aromatic N) is 3. The molecule has 2 N–H and O–H groups in total. The minimum atomic E-state index is 0.694. The number of nitrogens with one attached hydrogen (secondary N) is 2. The van der Waals surface area contributed by atoms with Crippen molar-refractivity contribution in [2.24, 2.45) is 5.92 Å². The first-order valence-corrected chi connectivity index (χ1v) is 8.52. The average molecular weight is 305 g/mol. The van der Waals surface area contributed by atoms with E-state index in [9.17, 15) is 0 Å². The normalized spacial score (nSPS) is 19.1. The third-order valence-corrected chi connectivity index (χ3v) is 5.25. The van der Waals surface area contributed by atoms with Crippen LogP contribution in [0.5, 0.6) is 0 Å². The van der Waals surface area contributed by atoms with E-state index < -0.39 is 0 Å². The number of aromatic amines is 1. The highest BCUT2D eigenvalue weighted by atomic mass is 32.1. The van der Waals surface area contributed by atoms with E-state index in [1.54, 1.807) is 11.3 Å². The van der Waals surface area contributed by atoms with Gasteiger partial charge in [0, 0.05) is 18.0 Å². The van der Waals surface area contributed by atoms with Gasteiger partial charge in [-0.3, -0.25) is 5.10 Å². The van der Waals surface area contributed by atoms with Crippen LogP contribution in [-0.2, 0) is 6.42 Å². The van der Waals surface area contributed by atoms with Crippen molar-refractivity contribution < 1.29 is 0 Å². The predicted octanol–water partition coefficient (Wildman–Crippen LogP) is 2.53. The molecule has 1 saturated heterocycles. The fourth-order valence-electron chi connectivity index (χ4n) is 2.90. The minimum absolute atomic E-state index is 0.694. The molecular weight excluding hydrogens is 282 g/mol. The maximum Gasteiger partial charge on any atom is 0.245 e. The molecule has 0 saturated carbocycles. The molecule has 1 aliphatic rings. The van der Waals surface area contributed by atoms with Gasteiger partial charge in [0.1, 0.15) is 0 Å². The number of thiophene rings is 1. The molecule has 1 atom stereocenters. The second-order valence-corrected chi connectivity index (χ2v) is 6.78. The number of anilines is 1. The lowest BCUT2D eigenvalue weighted by Gasteiger charge is -2.31. The Morgan fingerprint density at radius 3 is 3.14 bits per heavy atom. The summed E-state index contributed by atoms with van der Waals surface area (Å²) in [5.41, 5.74) is 0. The molecule has 0 radical (unpaired) electrons. The van der Waals surface area contributed by atoms with E-state index in [4.69, 9.17) is 4.98 Å². The summed E-state index contributed by atoms with van der Waals surface area (Å²) in [7, 11) is 2.02. The second-order valence-electron chi connectivity index (χ2n) is 5.62. The first-order valence-electron chi connectivity index (χ1n) is 7.71. The Bertz CT molecular complexity index is 574. The lowest BCUT2D eigenvalue weighted by molar-refractivity contribution is 0.399. The summed E-state index contributed by atoms with van der Waals surface area (Å²) < 4.78 is 0. The molecule has 21 heavy (non-hydrogen) atoms. The summed E-state index contributed by atoms with van der Waals surface area (Å²) >= 11 is 1.79. The molecule has 2 aromatic rings. The van der Waals surface area contributed by atoms with Gasteiger partial charge in [0.05, 0.1) is 4.88 Å². The van der Waals surface area contributed by atoms with E-state index >= 15 is 0 Å². The molecule has 2 aromatic heterocycles. The number of rotatable bonds is 5. The zero-order valence-electron chi connectivity index (χ0n) is 12.7. The van der Waals surface area contributed by atoms with Crippen LogP contribution in [0, 0.1) is 5.92 Å². The predicted molar refractivity (Wildman–Crippen MR) is 87.9 cm³/mol. The summed E-state index contributed by atoms with van der Waals surface area (Å²) in [6.45, 7) is 5.35. The van der Waals surface area contributed by atoms with Crippen LogP contribution in [0.15, 0.2) is 12.1 Å². The fourth-order valence-corrected chi connectivity index (χ4v) is 3.79. The fraction of sp³-hybridized carbons (Fsp3) is 0.600. The Kier molecular flexibility index (Phi) is 4.55. The zero-order chi connectivity index (χ0) is 14.7. The van der Waals surface area contributed by atoms with Crippen LogP contribution in [0.25, 0.3) is 10.7 Å². The molecule has 0 spiro atoms. The van der Waals surface area contributed by atoms with Gasteiger partial charge in [0.15, 0.2) is 5.82 Å². The molecule has 0 aliphatic carbocycles. The Morgan fingerprint density at radius 2 is 2.38 bits per heavy atom. The van der Waals surface area contributed by atoms with Crippen molar-refractivity contribution in [2.75, 3.05) is 31.6 Å². The van der Waals surface area contributed by atoms with Crippen molar-refractivity contribution in [2.45, 2.75) is 26.2 Å². The summed E-state index contributed by atoms with van der Waals surface area (Å²) in [6, 6.07) is 4.31. The summed E-state index contributed by atoms with van der Waals surface area (Å²) in [6.07, 6.45) is 3.58. The van der Waals surface area contributed by atoms with Gasteiger partial charge in [-0.05, 0) is 50.9 Å². The second kappa shape index (κ2) is 6.58. The van der Waals surface area contributed by atoms with Crippen LogP contribution in [-0.4, -0.2) is 41.9 Å². The van der Waals surface area contributed by atoms with Gasteiger partial charge in [-0.1, -0.05) is 6.92 Å². The Balaban J connectivity index is 1.72. The van der Waals surface area contributed by atoms with E-state index in [1.807, 2.05) is 7.05 Å². The molecular formula is C15H23N5S. The van der Waals surface area contributed by atoms with E-state index in [0.29, 0.717) is 5.92 Å². The van der Waals surface area contributed by atoms with E-state index in [0.717, 1.165) is 37.8 Å². The Morgan fingerprint density at radius 1 is 1.48 bits per heavy atom. The Hall–Kier alpha value is -1.40. The van der Waals surface area contributed by atoms with Gasteiger partial charge < -0.3 is 10.2 Å². The lowest BCUT2D eigenvalue weighted by Crippen LogP contribution is -2.39. The third kappa shape index (κ3) is 3.27. The maximum absolute atomic E-state index is 4.70. The third-order valence-electron chi connectivity index (χ3n) is 4.01. The largest absolute Gasteiger partial charge is 0.339 e. The van der Waals surface area contributed by atoms with Crippen LogP contribution >= 0.6 is 11.3 Å². The minimum Gasteiger partial charge on any atom is -0.339 e. The molecule has 0 amide bonds. The summed E-state index contributed by atoms with van der Waals surface area (Å²) in [5.74, 6) is 2.43. The van der Waals surface area contributed by atoms with E-state index in [1.165, 1.54) is 22.6 Å². The van der Waals surface area contributed by atoms with E-state index in [2.05, 4.69) is 39.5 Å². The highest BCUT2D eigenvalue weighted by molar-refractivity contribution is 7.15. The topological polar surface area (TPSA) is 56.8 Å². The van der Waals surface area contributed by atoms with Crippen molar-refractivity contribution in [3.8, 4) is 10.7 Å². The molecule has 1 fully saturated rings. The molecule has 6 heteroatoms. The number of hydrogen-bond donors (Lipinski definition) is 2. The number of piperidine rings is 1. The smallest absolute Gasteiger partial charge is 0.245 e. The standard InChI is InChI=1S/C15H23N5S/c1-3-12-6-7-13(21-12)14-17-15(19-18-14)20-8-4-5-11(10-20)9-16-2/h6-7,11,16H,3-5,8-10H2,1-2H3,(H,17,18,19). The molecule has 3 heterocycles. The first kappa shape index (κ1) is 14.5. The molecule has 1 unspecified atom stereocenters. The maximum atomic E-state index is 4.70. The number of H-pyrrole nitrogens is 1. The number of hydrogen-bond acceptors (Lipinski definition) is 5. The molecule has 5 nitrogen and oxygen atoms in total. The van der Waals surface area contributed by atoms with Crippen LogP contribution in [0.2, 0.25) is 0 Å². The van der Waals surface area contributed by atoms with Gasteiger partial charge in [0.2, 0.25) is 5.95 Å². The first-order chi connectivity index (χ1) is 10.3. The van der Waals surface area contributed by atoms with Crippen molar-refractivity contribution >= 4 is 17.3 Å². The Labute approximate surface area is 129 Å². The zero-order valence-corrected chi connectivity index (χ0v) is 13.5. The monoisotopic (exact) mass is 305 g/mol. The molecule has 0 aromatic carbocycles. The quantitative estimate of drug-likeness (QED) is 0.891. The van der Waals surface area contributed by atoms with Gasteiger partial charge in [-0.15, -0.1) is 16.4 Å². The molecule has 0 bridgehead atoms. The summed E-state index contributed by atoms with van der Waals surface area (Å²) in [5, 5.41) is 10.8. The van der Waals surface area contributed by atoms with Gasteiger partial charge in [0.25, 0.3) is 0 Å². The molecule has 1 aliphatic heterocycles. The van der Waals surface area contributed by atoms with Crippen molar-refractivity contribution in [1.29, 1.82) is 0 Å². The molecule has 114 valence electrons.